The van der Waals surface area contributed by atoms with E-state index in [1.165, 1.54) is 4.57 Å². The molecular weight excluding hydrogens is 440 g/mol. The van der Waals surface area contributed by atoms with Crippen molar-refractivity contribution in [3.05, 3.63) is 81.5 Å². The van der Waals surface area contributed by atoms with Crippen LogP contribution in [0.25, 0.3) is 17.1 Å². The predicted octanol–water partition coefficient (Wildman–Crippen LogP) is 4.26. The zero-order valence-electron chi connectivity index (χ0n) is 19.2. The van der Waals surface area contributed by atoms with Crippen molar-refractivity contribution in [2.45, 2.75) is 39.7 Å². The molecule has 33 heavy (non-hydrogen) atoms. The lowest BCUT2D eigenvalue weighted by atomic mass is 9.95. The van der Waals surface area contributed by atoms with Crippen LogP contribution in [0.4, 0.5) is 0 Å². The van der Waals surface area contributed by atoms with Crippen molar-refractivity contribution in [3.63, 3.8) is 0 Å². The van der Waals surface area contributed by atoms with Gasteiger partial charge in [0.2, 0.25) is 0 Å². The number of hydrogen-bond acceptors (Lipinski definition) is 6. The average molecular weight is 465 g/mol. The summed E-state index contributed by atoms with van der Waals surface area (Å²) in [6.45, 7) is 8.20. The third-order valence-corrected chi connectivity index (χ3v) is 5.38. The summed E-state index contributed by atoms with van der Waals surface area (Å²) in [6, 6.07) is 8.97. The Morgan fingerprint density at radius 3 is 2.52 bits per heavy atom. The molecule has 4 aromatic heterocycles. The summed E-state index contributed by atoms with van der Waals surface area (Å²) in [5.74, 6) is 1.04. The van der Waals surface area contributed by atoms with Gasteiger partial charge in [-0.25, -0.2) is 9.97 Å². The van der Waals surface area contributed by atoms with E-state index in [1.54, 1.807) is 35.3 Å². The minimum absolute atomic E-state index is 0.00643. The van der Waals surface area contributed by atoms with Crippen molar-refractivity contribution in [1.82, 2.24) is 29.3 Å². The zero-order valence-corrected chi connectivity index (χ0v) is 20.0. The van der Waals surface area contributed by atoms with Gasteiger partial charge in [-0.2, -0.15) is 5.10 Å². The molecule has 4 rings (SSSR count). The van der Waals surface area contributed by atoms with E-state index in [-0.39, 0.29) is 22.6 Å². The number of halogens is 1. The van der Waals surface area contributed by atoms with Crippen molar-refractivity contribution in [2.24, 2.45) is 7.05 Å². The van der Waals surface area contributed by atoms with Gasteiger partial charge in [0.05, 0.1) is 22.8 Å². The molecule has 4 aromatic rings. The summed E-state index contributed by atoms with van der Waals surface area (Å²) in [5.41, 5.74) is 2.81. The Morgan fingerprint density at radius 2 is 1.82 bits per heavy atom. The Hall–Kier alpha value is -3.52. The van der Waals surface area contributed by atoms with Crippen LogP contribution in [0, 0.1) is 6.92 Å². The molecule has 0 aliphatic heterocycles. The van der Waals surface area contributed by atoms with E-state index in [2.05, 4.69) is 40.8 Å². The van der Waals surface area contributed by atoms with Gasteiger partial charge in [-0.05, 0) is 31.2 Å². The standard InChI is InChI=1S/C24H25ClN6O2/c1-15-12-20(33-14-16-8-11-30(5)29-16)21(25)22(32)31(15)17-6-9-26-19(13-17)18-7-10-27-23(28-18)24(2,3)4/h6-13H,14H2,1-5H3. The van der Waals surface area contributed by atoms with E-state index >= 15 is 0 Å². The molecular formula is C24H25ClN6O2. The predicted molar refractivity (Wildman–Crippen MR) is 127 cm³/mol. The van der Waals surface area contributed by atoms with Crippen molar-refractivity contribution in [2.75, 3.05) is 0 Å². The minimum atomic E-state index is -0.372. The van der Waals surface area contributed by atoms with Crippen molar-refractivity contribution in [3.8, 4) is 22.8 Å². The number of aryl methyl sites for hydroxylation is 2. The molecule has 0 amide bonds. The first-order valence-electron chi connectivity index (χ1n) is 10.5. The third kappa shape index (κ3) is 4.80. The van der Waals surface area contributed by atoms with Gasteiger partial charge in [-0.15, -0.1) is 0 Å². The summed E-state index contributed by atoms with van der Waals surface area (Å²) in [5, 5.41) is 4.28. The highest BCUT2D eigenvalue weighted by Gasteiger charge is 2.19. The monoisotopic (exact) mass is 464 g/mol. The summed E-state index contributed by atoms with van der Waals surface area (Å²) in [6.07, 6.45) is 5.20. The van der Waals surface area contributed by atoms with Gasteiger partial charge < -0.3 is 4.74 Å². The molecule has 0 saturated heterocycles. The molecule has 0 fully saturated rings. The molecule has 0 atom stereocenters. The number of aromatic nitrogens is 6. The third-order valence-electron chi connectivity index (χ3n) is 5.03. The second-order valence-corrected chi connectivity index (χ2v) is 9.17. The molecule has 8 nitrogen and oxygen atoms in total. The number of ether oxygens (including phenoxy) is 1. The van der Waals surface area contributed by atoms with Crippen LogP contribution in [-0.4, -0.2) is 29.3 Å². The van der Waals surface area contributed by atoms with Crippen molar-refractivity contribution < 1.29 is 4.74 Å². The van der Waals surface area contributed by atoms with E-state index in [4.69, 9.17) is 16.3 Å². The molecule has 0 aliphatic carbocycles. The average Bonchev–Trinajstić information content (AvgIpc) is 3.20. The van der Waals surface area contributed by atoms with E-state index < -0.39 is 0 Å². The first-order valence-corrected chi connectivity index (χ1v) is 10.8. The maximum absolute atomic E-state index is 13.1. The van der Waals surface area contributed by atoms with E-state index in [0.717, 1.165) is 11.5 Å². The van der Waals surface area contributed by atoms with Crippen LogP contribution in [0.2, 0.25) is 5.02 Å². The van der Waals surface area contributed by atoms with Gasteiger partial charge >= 0.3 is 0 Å². The topological polar surface area (TPSA) is 87.7 Å². The highest BCUT2D eigenvalue weighted by atomic mass is 35.5. The molecule has 0 spiro atoms. The van der Waals surface area contributed by atoms with Crippen molar-refractivity contribution >= 4 is 11.6 Å². The molecule has 0 aliphatic rings. The molecule has 9 heteroatoms. The van der Waals surface area contributed by atoms with Crippen LogP contribution < -0.4 is 10.3 Å². The first-order chi connectivity index (χ1) is 15.6. The first kappa shape index (κ1) is 22.7. The smallest absolute Gasteiger partial charge is 0.277 e. The molecule has 170 valence electrons. The highest BCUT2D eigenvalue weighted by molar-refractivity contribution is 6.31. The lowest BCUT2D eigenvalue weighted by molar-refractivity contribution is 0.299. The number of nitrogens with zero attached hydrogens (tertiary/aromatic N) is 6. The largest absolute Gasteiger partial charge is 0.485 e. The van der Waals surface area contributed by atoms with Gasteiger partial charge in [0.25, 0.3) is 5.56 Å². The van der Waals surface area contributed by atoms with Crippen LogP contribution in [0.3, 0.4) is 0 Å². The molecule has 0 saturated carbocycles. The van der Waals surface area contributed by atoms with E-state index in [0.29, 0.717) is 28.5 Å². The molecule has 4 heterocycles. The molecule has 0 N–H and O–H groups in total. The number of rotatable bonds is 5. The fraction of sp³-hybridized carbons (Fsp3) is 0.292. The Bertz CT molecular complexity index is 1370. The van der Waals surface area contributed by atoms with E-state index in [1.807, 2.05) is 32.3 Å². The lowest BCUT2D eigenvalue weighted by Crippen LogP contribution is -2.22. The van der Waals surface area contributed by atoms with Gasteiger partial charge in [0.15, 0.2) is 0 Å². The summed E-state index contributed by atoms with van der Waals surface area (Å²) >= 11 is 6.40. The van der Waals surface area contributed by atoms with Gasteiger partial charge in [-0.1, -0.05) is 32.4 Å². The normalized spacial score (nSPS) is 11.6. The van der Waals surface area contributed by atoms with Crippen LogP contribution >= 0.6 is 11.6 Å². The van der Waals surface area contributed by atoms with Gasteiger partial charge in [0.1, 0.15) is 23.2 Å². The molecule has 0 bridgehead atoms. The van der Waals surface area contributed by atoms with Crippen LogP contribution in [0.15, 0.2) is 53.7 Å². The fourth-order valence-electron chi connectivity index (χ4n) is 3.36. The van der Waals surface area contributed by atoms with Gasteiger partial charge in [-0.3, -0.25) is 19.0 Å². The second-order valence-electron chi connectivity index (χ2n) is 8.79. The number of pyridine rings is 2. The van der Waals surface area contributed by atoms with E-state index in [9.17, 15) is 4.79 Å². The quantitative estimate of drug-likeness (QED) is 0.438. The highest BCUT2D eigenvalue weighted by Crippen LogP contribution is 2.26. The number of hydrogen-bond donors (Lipinski definition) is 0. The Kier molecular flexibility index (Phi) is 6.03. The maximum Gasteiger partial charge on any atom is 0.277 e. The molecule has 0 unspecified atom stereocenters. The van der Waals surface area contributed by atoms with Crippen LogP contribution in [-0.2, 0) is 19.1 Å². The SMILES string of the molecule is Cc1cc(OCc2ccn(C)n2)c(Cl)c(=O)n1-c1ccnc(-c2ccnc(C(C)(C)C)n2)c1. The lowest BCUT2D eigenvalue weighted by Gasteiger charge is -2.17. The minimum Gasteiger partial charge on any atom is -0.485 e. The Labute approximate surface area is 196 Å². The molecule has 0 radical (unpaired) electrons. The Balaban J connectivity index is 1.69. The Morgan fingerprint density at radius 1 is 1.06 bits per heavy atom. The summed E-state index contributed by atoms with van der Waals surface area (Å²) < 4.78 is 9.00. The van der Waals surface area contributed by atoms with Crippen LogP contribution in [0.5, 0.6) is 5.75 Å². The second kappa shape index (κ2) is 8.78. The van der Waals surface area contributed by atoms with Gasteiger partial charge in [0, 0.05) is 42.8 Å². The van der Waals surface area contributed by atoms with Crippen LogP contribution in [0.1, 0.15) is 38.0 Å². The zero-order chi connectivity index (χ0) is 23.8. The summed E-state index contributed by atoms with van der Waals surface area (Å²) in [4.78, 5) is 26.6. The van der Waals surface area contributed by atoms with Crippen molar-refractivity contribution in [1.29, 1.82) is 0 Å². The maximum atomic E-state index is 13.1. The fourth-order valence-corrected chi connectivity index (χ4v) is 3.55. The molecule has 0 aromatic carbocycles. The summed E-state index contributed by atoms with van der Waals surface area (Å²) in [7, 11) is 1.83.